The zero-order valence-corrected chi connectivity index (χ0v) is 14.3. The number of halogens is 1. The molecule has 2 aromatic rings. The molecule has 0 radical (unpaired) electrons. The standard InChI is InChI=1S/C17H19ClN4O/c1-10-4-11(12-6-21(2)7-12)5-14-15(10)23-8-13-16(18)19-9-20-17(13)22(14)3/h4-5,9,12H,6-8H2,1-3H3. The molecule has 120 valence electrons. The molecule has 2 aliphatic rings. The molecule has 1 aromatic carbocycles. The van der Waals surface area contributed by atoms with Gasteiger partial charge in [0.25, 0.3) is 0 Å². The summed E-state index contributed by atoms with van der Waals surface area (Å²) < 4.78 is 6.05. The van der Waals surface area contributed by atoms with Crippen LogP contribution in [0, 0.1) is 6.92 Å². The highest BCUT2D eigenvalue weighted by Crippen LogP contribution is 2.43. The number of fused-ring (bicyclic) bond motifs is 2. The molecule has 3 heterocycles. The number of aryl methyl sites for hydroxylation is 1. The molecule has 5 nitrogen and oxygen atoms in total. The number of rotatable bonds is 1. The first-order valence-corrected chi connectivity index (χ1v) is 8.11. The fourth-order valence-corrected chi connectivity index (χ4v) is 3.60. The number of likely N-dealkylation sites (N-methyl/N-ethyl adjacent to an activating group) is 1. The predicted octanol–water partition coefficient (Wildman–Crippen LogP) is 3.13. The van der Waals surface area contributed by atoms with Crippen molar-refractivity contribution in [3.8, 4) is 5.75 Å². The molecule has 0 aliphatic carbocycles. The van der Waals surface area contributed by atoms with Crippen molar-refractivity contribution in [2.45, 2.75) is 19.4 Å². The Morgan fingerprint density at radius 1 is 1.22 bits per heavy atom. The third-order valence-electron chi connectivity index (χ3n) is 4.72. The molecule has 0 N–H and O–H groups in total. The monoisotopic (exact) mass is 330 g/mol. The number of nitrogens with zero attached hydrogens (tertiary/aromatic N) is 4. The Morgan fingerprint density at radius 3 is 2.74 bits per heavy atom. The summed E-state index contributed by atoms with van der Waals surface area (Å²) >= 11 is 6.23. The molecule has 0 saturated carbocycles. The summed E-state index contributed by atoms with van der Waals surface area (Å²) in [5.74, 6) is 2.30. The Hall–Kier alpha value is -1.85. The lowest BCUT2D eigenvalue weighted by atomic mass is 9.90. The number of aromatic nitrogens is 2. The maximum atomic E-state index is 6.23. The van der Waals surface area contributed by atoms with E-state index < -0.39 is 0 Å². The van der Waals surface area contributed by atoms with E-state index in [-0.39, 0.29) is 0 Å². The highest BCUT2D eigenvalue weighted by molar-refractivity contribution is 6.30. The smallest absolute Gasteiger partial charge is 0.146 e. The van der Waals surface area contributed by atoms with Gasteiger partial charge in [-0.05, 0) is 31.2 Å². The second-order valence-electron chi connectivity index (χ2n) is 6.42. The van der Waals surface area contributed by atoms with Crippen LogP contribution in [0.25, 0.3) is 0 Å². The largest absolute Gasteiger partial charge is 0.486 e. The number of ether oxygens (including phenoxy) is 1. The fourth-order valence-electron chi connectivity index (χ4n) is 3.42. The van der Waals surface area contributed by atoms with E-state index in [4.69, 9.17) is 16.3 Å². The molecule has 1 aromatic heterocycles. The lowest BCUT2D eigenvalue weighted by molar-refractivity contribution is 0.189. The lowest BCUT2D eigenvalue weighted by Gasteiger charge is -2.37. The van der Waals surface area contributed by atoms with Crippen molar-refractivity contribution in [3.05, 3.63) is 40.3 Å². The van der Waals surface area contributed by atoms with E-state index in [2.05, 4.69) is 45.9 Å². The van der Waals surface area contributed by atoms with E-state index in [1.165, 1.54) is 11.9 Å². The number of hydrogen-bond acceptors (Lipinski definition) is 5. The van der Waals surface area contributed by atoms with Gasteiger partial charge in [-0.3, -0.25) is 0 Å². The van der Waals surface area contributed by atoms with Crippen molar-refractivity contribution in [1.82, 2.24) is 14.9 Å². The van der Waals surface area contributed by atoms with Gasteiger partial charge in [0.15, 0.2) is 0 Å². The molecule has 1 saturated heterocycles. The van der Waals surface area contributed by atoms with Crippen LogP contribution in [0.4, 0.5) is 11.5 Å². The maximum absolute atomic E-state index is 6.23. The van der Waals surface area contributed by atoms with E-state index in [9.17, 15) is 0 Å². The molecule has 0 bridgehead atoms. The first-order chi connectivity index (χ1) is 11.0. The summed E-state index contributed by atoms with van der Waals surface area (Å²) in [4.78, 5) is 12.9. The number of hydrogen-bond donors (Lipinski definition) is 0. The number of likely N-dealkylation sites (tertiary alicyclic amines) is 1. The van der Waals surface area contributed by atoms with Gasteiger partial charge in [0.05, 0.1) is 11.3 Å². The van der Waals surface area contributed by atoms with Gasteiger partial charge in [-0.1, -0.05) is 17.7 Å². The minimum atomic E-state index is 0.388. The summed E-state index contributed by atoms with van der Waals surface area (Å²) in [7, 11) is 4.16. The van der Waals surface area contributed by atoms with Crippen LogP contribution in [-0.2, 0) is 6.61 Å². The van der Waals surface area contributed by atoms with Crippen LogP contribution in [0.2, 0.25) is 5.15 Å². The van der Waals surface area contributed by atoms with Gasteiger partial charge in [-0.25, -0.2) is 9.97 Å². The van der Waals surface area contributed by atoms with Crippen molar-refractivity contribution in [2.24, 2.45) is 0 Å². The molecule has 0 atom stereocenters. The van der Waals surface area contributed by atoms with Crippen LogP contribution >= 0.6 is 11.6 Å². The van der Waals surface area contributed by atoms with Gasteiger partial charge in [-0.2, -0.15) is 0 Å². The quantitative estimate of drug-likeness (QED) is 0.751. The van der Waals surface area contributed by atoms with Crippen molar-refractivity contribution in [3.63, 3.8) is 0 Å². The topological polar surface area (TPSA) is 41.5 Å². The molecule has 2 aliphatic heterocycles. The van der Waals surface area contributed by atoms with Gasteiger partial charge in [0.1, 0.15) is 29.7 Å². The summed E-state index contributed by atoms with van der Waals surface area (Å²) in [5.41, 5.74) is 4.38. The molecule has 0 amide bonds. The Balaban J connectivity index is 1.81. The summed E-state index contributed by atoms with van der Waals surface area (Å²) in [6, 6.07) is 4.47. The summed E-state index contributed by atoms with van der Waals surface area (Å²) in [5, 5.41) is 0.452. The van der Waals surface area contributed by atoms with Crippen molar-refractivity contribution >= 4 is 23.1 Å². The molecular formula is C17H19ClN4O. The van der Waals surface area contributed by atoms with Crippen molar-refractivity contribution in [1.29, 1.82) is 0 Å². The van der Waals surface area contributed by atoms with E-state index >= 15 is 0 Å². The Kier molecular flexibility index (Phi) is 3.43. The highest BCUT2D eigenvalue weighted by atomic mass is 35.5. The first kappa shape index (κ1) is 14.7. The average Bonchev–Trinajstić information content (AvgIpc) is 2.64. The van der Waals surface area contributed by atoms with Crippen LogP contribution in [0.1, 0.15) is 22.6 Å². The summed E-state index contributed by atoms with van der Waals surface area (Å²) in [6.07, 6.45) is 1.50. The van der Waals surface area contributed by atoms with Crippen LogP contribution < -0.4 is 9.64 Å². The number of benzene rings is 1. The predicted molar refractivity (Wildman–Crippen MR) is 90.9 cm³/mol. The van der Waals surface area contributed by atoms with Crippen molar-refractivity contribution < 1.29 is 4.74 Å². The fraction of sp³-hybridized carbons (Fsp3) is 0.412. The highest BCUT2D eigenvalue weighted by Gasteiger charge is 2.29. The van der Waals surface area contributed by atoms with E-state index in [0.717, 1.165) is 41.5 Å². The van der Waals surface area contributed by atoms with Gasteiger partial charge in [-0.15, -0.1) is 0 Å². The van der Waals surface area contributed by atoms with Gasteiger partial charge < -0.3 is 14.5 Å². The van der Waals surface area contributed by atoms with Crippen LogP contribution in [0.3, 0.4) is 0 Å². The molecule has 6 heteroatoms. The molecule has 0 unspecified atom stereocenters. The normalized spacial score (nSPS) is 17.8. The minimum absolute atomic E-state index is 0.388. The maximum Gasteiger partial charge on any atom is 0.146 e. The first-order valence-electron chi connectivity index (χ1n) is 7.73. The number of anilines is 2. The molecule has 4 rings (SSSR count). The zero-order valence-electron chi connectivity index (χ0n) is 13.5. The molecule has 0 spiro atoms. The minimum Gasteiger partial charge on any atom is -0.486 e. The Bertz CT molecular complexity index is 773. The van der Waals surface area contributed by atoms with Gasteiger partial charge in [0.2, 0.25) is 0 Å². The molecular weight excluding hydrogens is 312 g/mol. The van der Waals surface area contributed by atoms with Gasteiger partial charge >= 0.3 is 0 Å². The average molecular weight is 331 g/mol. The molecule has 1 fully saturated rings. The van der Waals surface area contributed by atoms with E-state index in [0.29, 0.717) is 17.7 Å². The van der Waals surface area contributed by atoms with E-state index in [1.807, 2.05) is 7.05 Å². The second kappa shape index (κ2) is 5.35. The van der Waals surface area contributed by atoms with Crippen molar-refractivity contribution in [2.75, 3.05) is 32.1 Å². The van der Waals surface area contributed by atoms with Crippen LogP contribution in [0.15, 0.2) is 18.5 Å². The third kappa shape index (κ3) is 2.35. The van der Waals surface area contributed by atoms with Crippen LogP contribution in [0.5, 0.6) is 5.75 Å². The SMILES string of the molecule is Cc1cc(C2CN(C)C2)cc2c1OCc1c(Cl)ncnc1N2C. The third-order valence-corrected chi connectivity index (χ3v) is 5.05. The lowest BCUT2D eigenvalue weighted by Crippen LogP contribution is -2.41. The Labute approximate surface area is 140 Å². The van der Waals surface area contributed by atoms with E-state index in [1.54, 1.807) is 0 Å². The molecule has 23 heavy (non-hydrogen) atoms. The summed E-state index contributed by atoms with van der Waals surface area (Å²) in [6.45, 7) is 4.70. The second-order valence-corrected chi connectivity index (χ2v) is 6.78. The zero-order chi connectivity index (χ0) is 16.1. The Morgan fingerprint density at radius 2 is 2.00 bits per heavy atom. The van der Waals surface area contributed by atoms with Crippen LogP contribution in [-0.4, -0.2) is 42.1 Å². The van der Waals surface area contributed by atoms with Gasteiger partial charge in [0, 0.05) is 26.1 Å².